The lowest BCUT2D eigenvalue weighted by atomic mass is 9.82. The Morgan fingerprint density at radius 1 is 1.17 bits per heavy atom. The number of nitrogens with one attached hydrogen (secondary N) is 1. The molecule has 1 saturated carbocycles. The van der Waals surface area contributed by atoms with E-state index in [0.29, 0.717) is 0 Å². The monoisotopic (exact) mass is 313 g/mol. The van der Waals surface area contributed by atoms with Crippen molar-refractivity contribution in [3.63, 3.8) is 0 Å². The molecule has 122 valence electrons. The van der Waals surface area contributed by atoms with Crippen molar-refractivity contribution in [3.8, 4) is 0 Å². The van der Waals surface area contributed by atoms with Crippen molar-refractivity contribution in [3.05, 3.63) is 47.5 Å². The molecule has 1 fully saturated rings. The molecular weight excluding hydrogens is 290 g/mol. The number of rotatable bonds is 5. The Morgan fingerprint density at radius 3 is 2.35 bits per heavy atom. The van der Waals surface area contributed by atoms with Gasteiger partial charge in [0, 0.05) is 0 Å². The average molecular weight is 313 g/mol. The average Bonchev–Trinajstić information content (AvgIpc) is 3.14. The predicted octanol–water partition coefficient (Wildman–Crippen LogP) is 3.09. The van der Waals surface area contributed by atoms with Crippen molar-refractivity contribution in [1.82, 2.24) is 5.32 Å². The highest BCUT2D eigenvalue weighted by molar-refractivity contribution is 5.87. The van der Waals surface area contributed by atoms with E-state index >= 15 is 0 Å². The van der Waals surface area contributed by atoms with E-state index in [-0.39, 0.29) is 23.8 Å². The molecular formula is C19H23NO3. The van der Waals surface area contributed by atoms with Gasteiger partial charge in [-0.2, -0.15) is 0 Å². The van der Waals surface area contributed by atoms with Crippen LogP contribution in [0, 0.1) is 30.6 Å². The van der Waals surface area contributed by atoms with E-state index in [1.807, 2.05) is 50.3 Å². The van der Waals surface area contributed by atoms with Gasteiger partial charge in [0.15, 0.2) is 0 Å². The van der Waals surface area contributed by atoms with Crippen LogP contribution in [0.4, 0.5) is 0 Å². The normalized spacial score (nSPS) is 29.5. The number of carboxylic acids is 1. The van der Waals surface area contributed by atoms with Crippen LogP contribution in [-0.4, -0.2) is 17.0 Å². The summed E-state index contributed by atoms with van der Waals surface area (Å²) in [6.45, 7) is 4.06. The van der Waals surface area contributed by atoms with Gasteiger partial charge in [-0.05, 0) is 37.2 Å². The SMILES string of the molecule is CC[C@H](NC(=O)[C@H]1[C@@H](C(=O)O)[C@H]2C=C[C@@H]1C2)c1ccc(C)cc1. The maximum atomic E-state index is 12.8. The molecule has 2 aliphatic rings. The molecule has 0 spiro atoms. The summed E-state index contributed by atoms with van der Waals surface area (Å²) < 4.78 is 0. The summed E-state index contributed by atoms with van der Waals surface area (Å²) in [6, 6.07) is 8.05. The van der Waals surface area contributed by atoms with Crippen LogP contribution in [0.25, 0.3) is 0 Å². The molecule has 0 radical (unpaired) electrons. The zero-order valence-electron chi connectivity index (χ0n) is 13.5. The number of carbonyl (C=O) groups is 2. The van der Waals surface area contributed by atoms with E-state index in [4.69, 9.17) is 0 Å². The Balaban J connectivity index is 1.76. The highest BCUT2D eigenvalue weighted by atomic mass is 16.4. The third kappa shape index (κ3) is 2.90. The van der Waals surface area contributed by atoms with Gasteiger partial charge in [-0.1, -0.05) is 48.9 Å². The zero-order chi connectivity index (χ0) is 16.6. The molecule has 0 aliphatic heterocycles. The highest BCUT2D eigenvalue weighted by Gasteiger charge is 2.51. The molecule has 4 heteroatoms. The lowest BCUT2D eigenvalue weighted by Crippen LogP contribution is -2.41. The molecule has 2 bridgehead atoms. The molecule has 2 N–H and O–H groups in total. The number of amides is 1. The molecule has 0 unspecified atom stereocenters. The first-order valence-electron chi connectivity index (χ1n) is 8.29. The maximum absolute atomic E-state index is 12.8. The van der Waals surface area contributed by atoms with Crippen molar-refractivity contribution in [2.75, 3.05) is 0 Å². The fourth-order valence-electron chi connectivity index (χ4n) is 4.00. The number of allylic oxidation sites excluding steroid dienone is 2. The Hall–Kier alpha value is -2.10. The smallest absolute Gasteiger partial charge is 0.307 e. The van der Waals surface area contributed by atoms with E-state index in [9.17, 15) is 14.7 Å². The summed E-state index contributed by atoms with van der Waals surface area (Å²) in [7, 11) is 0. The van der Waals surface area contributed by atoms with Gasteiger partial charge in [0.25, 0.3) is 0 Å². The van der Waals surface area contributed by atoms with E-state index in [1.54, 1.807) is 0 Å². The van der Waals surface area contributed by atoms with Crippen molar-refractivity contribution in [1.29, 1.82) is 0 Å². The largest absolute Gasteiger partial charge is 0.481 e. The maximum Gasteiger partial charge on any atom is 0.307 e. The van der Waals surface area contributed by atoms with Crippen LogP contribution < -0.4 is 5.32 Å². The number of aliphatic carboxylic acids is 1. The minimum atomic E-state index is -0.856. The second-order valence-corrected chi connectivity index (χ2v) is 6.72. The molecule has 1 aromatic rings. The molecule has 0 aromatic heterocycles. The third-order valence-electron chi connectivity index (χ3n) is 5.25. The number of benzene rings is 1. The van der Waals surface area contributed by atoms with Crippen LogP contribution in [-0.2, 0) is 9.59 Å². The number of hydrogen-bond donors (Lipinski definition) is 2. The molecule has 1 amide bonds. The number of carboxylic acid groups (broad SMARTS) is 1. The van der Waals surface area contributed by atoms with E-state index in [2.05, 4.69) is 5.32 Å². The van der Waals surface area contributed by atoms with Gasteiger partial charge in [-0.15, -0.1) is 0 Å². The summed E-state index contributed by atoms with van der Waals surface area (Å²) in [5.41, 5.74) is 2.25. The second kappa shape index (κ2) is 6.19. The van der Waals surface area contributed by atoms with Crippen molar-refractivity contribution < 1.29 is 14.7 Å². The van der Waals surface area contributed by atoms with Gasteiger partial charge in [0.2, 0.25) is 5.91 Å². The van der Waals surface area contributed by atoms with Gasteiger partial charge >= 0.3 is 5.97 Å². The highest BCUT2D eigenvalue weighted by Crippen LogP contribution is 2.48. The van der Waals surface area contributed by atoms with Crippen LogP contribution in [0.1, 0.15) is 36.9 Å². The minimum Gasteiger partial charge on any atom is -0.481 e. The quantitative estimate of drug-likeness (QED) is 0.821. The first-order chi connectivity index (χ1) is 11.0. The fraction of sp³-hybridized carbons (Fsp3) is 0.474. The third-order valence-corrected chi connectivity index (χ3v) is 5.25. The Labute approximate surface area is 136 Å². The Kier molecular flexibility index (Phi) is 4.24. The minimum absolute atomic E-state index is 0.00713. The van der Waals surface area contributed by atoms with Crippen LogP contribution in [0.5, 0.6) is 0 Å². The molecule has 1 aromatic carbocycles. The molecule has 5 atom stereocenters. The van der Waals surface area contributed by atoms with E-state index < -0.39 is 17.8 Å². The Bertz CT molecular complexity index is 635. The summed E-state index contributed by atoms with van der Waals surface area (Å²) in [6.07, 6.45) is 5.55. The topological polar surface area (TPSA) is 66.4 Å². The second-order valence-electron chi connectivity index (χ2n) is 6.72. The van der Waals surface area contributed by atoms with Crippen LogP contribution in [0.15, 0.2) is 36.4 Å². The van der Waals surface area contributed by atoms with Crippen LogP contribution >= 0.6 is 0 Å². The molecule has 0 heterocycles. The molecule has 3 rings (SSSR count). The van der Waals surface area contributed by atoms with Crippen molar-refractivity contribution in [2.45, 2.75) is 32.7 Å². The predicted molar refractivity (Wildman–Crippen MR) is 87.7 cm³/mol. The molecule has 4 nitrogen and oxygen atoms in total. The zero-order valence-corrected chi connectivity index (χ0v) is 13.5. The number of fused-ring (bicyclic) bond motifs is 2. The molecule has 23 heavy (non-hydrogen) atoms. The summed E-state index contributed by atoms with van der Waals surface area (Å²) in [4.78, 5) is 24.3. The first kappa shape index (κ1) is 15.8. The number of aryl methyl sites for hydroxylation is 1. The lowest BCUT2D eigenvalue weighted by Gasteiger charge is -2.26. The fourth-order valence-corrected chi connectivity index (χ4v) is 4.00. The standard InChI is InChI=1S/C19H23NO3/c1-3-15(12-6-4-11(2)5-7-12)20-18(21)16-13-8-9-14(10-13)17(16)19(22)23/h4-9,13-17H,3,10H2,1-2H3,(H,20,21)(H,22,23)/t13-,14+,15+,16-,17+/m1/s1. The van der Waals surface area contributed by atoms with E-state index in [0.717, 1.165) is 18.4 Å². The van der Waals surface area contributed by atoms with Crippen molar-refractivity contribution >= 4 is 11.9 Å². The van der Waals surface area contributed by atoms with Gasteiger partial charge in [0.05, 0.1) is 17.9 Å². The van der Waals surface area contributed by atoms with Crippen LogP contribution in [0.2, 0.25) is 0 Å². The van der Waals surface area contributed by atoms with Crippen LogP contribution in [0.3, 0.4) is 0 Å². The number of carbonyl (C=O) groups excluding carboxylic acids is 1. The Morgan fingerprint density at radius 2 is 1.78 bits per heavy atom. The lowest BCUT2D eigenvalue weighted by molar-refractivity contribution is -0.148. The number of hydrogen-bond acceptors (Lipinski definition) is 2. The summed E-state index contributed by atoms with van der Waals surface area (Å²) in [5, 5.41) is 12.6. The van der Waals surface area contributed by atoms with Gasteiger partial charge in [-0.25, -0.2) is 0 Å². The summed E-state index contributed by atoms with van der Waals surface area (Å²) in [5.74, 6) is -1.93. The summed E-state index contributed by atoms with van der Waals surface area (Å²) >= 11 is 0. The first-order valence-corrected chi connectivity index (χ1v) is 8.29. The van der Waals surface area contributed by atoms with E-state index in [1.165, 1.54) is 5.56 Å². The van der Waals surface area contributed by atoms with Crippen molar-refractivity contribution in [2.24, 2.45) is 23.7 Å². The van der Waals surface area contributed by atoms with Gasteiger partial charge in [0.1, 0.15) is 0 Å². The van der Waals surface area contributed by atoms with Gasteiger partial charge < -0.3 is 10.4 Å². The molecule has 2 aliphatic carbocycles. The molecule has 0 saturated heterocycles. The van der Waals surface area contributed by atoms with Gasteiger partial charge in [-0.3, -0.25) is 9.59 Å².